The van der Waals surface area contributed by atoms with Gasteiger partial charge in [-0.05, 0) is 48.6 Å². The maximum absolute atomic E-state index is 12.8. The molecule has 1 heterocycles. The molecule has 6 nitrogen and oxygen atoms in total. The third-order valence-electron chi connectivity index (χ3n) is 5.04. The van der Waals surface area contributed by atoms with Gasteiger partial charge in [0.2, 0.25) is 5.91 Å². The number of benzene rings is 2. The lowest BCUT2D eigenvalue weighted by Crippen LogP contribution is -2.13. The summed E-state index contributed by atoms with van der Waals surface area (Å²) in [5, 5.41) is 3.23. The second-order valence-electron chi connectivity index (χ2n) is 7.30. The smallest absolute Gasteiger partial charge is 0.263 e. The fourth-order valence-corrected chi connectivity index (χ4v) is 5.91. The van der Waals surface area contributed by atoms with E-state index in [1.807, 2.05) is 30.3 Å². The zero-order valence-electron chi connectivity index (χ0n) is 16.9. The van der Waals surface area contributed by atoms with E-state index in [4.69, 9.17) is 0 Å². The molecule has 1 aromatic heterocycles. The van der Waals surface area contributed by atoms with Crippen LogP contribution in [0.1, 0.15) is 36.3 Å². The standard InChI is InChI=1S/C22H23N3O3S2/c1-3-5-15-8-10-16(11-9-15)30(27,28)25-22-24-21-18-6-4-7-19(23-14(2)26)17(18)12-13-20(21)29-22/h4,6-11H,3,5,12-13H2,1-2H3,(H,23,26)(H,24,25). The van der Waals surface area contributed by atoms with Gasteiger partial charge < -0.3 is 5.32 Å². The Hall–Kier alpha value is -2.71. The SMILES string of the molecule is CCCc1ccc(S(=O)(=O)Nc2nc3c(s2)CCc2c(NC(C)=O)cccc2-3)cc1. The van der Waals surface area contributed by atoms with Crippen molar-refractivity contribution in [1.29, 1.82) is 0 Å². The molecule has 0 aliphatic heterocycles. The molecule has 0 unspecified atom stereocenters. The van der Waals surface area contributed by atoms with Gasteiger partial charge in [-0.15, -0.1) is 11.3 Å². The molecule has 1 aliphatic carbocycles. The van der Waals surface area contributed by atoms with Crippen molar-refractivity contribution < 1.29 is 13.2 Å². The number of nitrogens with zero attached hydrogens (tertiary/aromatic N) is 1. The van der Waals surface area contributed by atoms with Gasteiger partial charge in [-0.25, -0.2) is 13.4 Å². The van der Waals surface area contributed by atoms with E-state index in [2.05, 4.69) is 21.9 Å². The van der Waals surface area contributed by atoms with Crippen molar-refractivity contribution in [2.75, 3.05) is 10.0 Å². The van der Waals surface area contributed by atoms with Crippen LogP contribution in [0.15, 0.2) is 47.4 Å². The minimum Gasteiger partial charge on any atom is -0.326 e. The van der Waals surface area contributed by atoms with Crippen LogP contribution in [0.25, 0.3) is 11.3 Å². The van der Waals surface area contributed by atoms with Gasteiger partial charge in [-0.3, -0.25) is 9.52 Å². The van der Waals surface area contributed by atoms with Crippen LogP contribution < -0.4 is 10.0 Å². The molecule has 0 bridgehead atoms. The highest BCUT2D eigenvalue weighted by Gasteiger charge is 2.25. The summed E-state index contributed by atoms with van der Waals surface area (Å²) in [6, 6.07) is 12.7. The Morgan fingerprint density at radius 2 is 1.90 bits per heavy atom. The molecule has 1 aliphatic rings. The van der Waals surface area contributed by atoms with E-state index < -0.39 is 10.0 Å². The Morgan fingerprint density at radius 3 is 2.60 bits per heavy atom. The molecule has 2 aromatic carbocycles. The summed E-state index contributed by atoms with van der Waals surface area (Å²) in [5.74, 6) is -0.120. The predicted molar refractivity (Wildman–Crippen MR) is 121 cm³/mol. The van der Waals surface area contributed by atoms with Gasteiger partial charge in [-0.2, -0.15) is 0 Å². The summed E-state index contributed by atoms with van der Waals surface area (Å²) in [5.41, 5.74) is 4.66. The maximum atomic E-state index is 12.8. The van der Waals surface area contributed by atoms with Crippen LogP contribution in [0, 0.1) is 0 Å². The lowest BCUT2D eigenvalue weighted by molar-refractivity contribution is -0.114. The number of rotatable bonds is 6. The third kappa shape index (κ3) is 4.11. The molecule has 0 saturated heterocycles. The molecular weight excluding hydrogens is 418 g/mol. The van der Waals surface area contributed by atoms with E-state index >= 15 is 0 Å². The highest BCUT2D eigenvalue weighted by molar-refractivity contribution is 7.93. The average Bonchev–Trinajstić information content (AvgIpc) is 3.10. The van der Waals surface area contributed by atoms with Crippen molar-refractivity contribution in [3.63, 3.8) is 0 Å². The number of thiazole rings is 1. The lowest BCUT2D eigenvalue weighted by atomic mass is 9.92. The van der Waals surface area contributed by atoms with Crippen LogP contribution in [0.2, 0.25) is 0 Å². The molecule has 0 atom stereocenters. The van der Waals surface area contributed by atoms with Crippen LogP contribution in [-0.2, 0) is 34.1 Å². The molecule has 0 fully saturated rings. The first-order chi connectivity index (χ1) is 14.4. The zero-order valence-corrected chi connectivity index (χ0v) is 18.5. The third-order valence-corrected chi connectivity index (χ3v) is 7.55. The van der Waals surface area contributed by atoms with E-state index in [1.165, 1.54) is 18.3 Å². The van der Waals surface area contributed by atoms with E-state index in [0.29, 0.717) is 5.13 Å². The van der Waals surface area contributed by atoms with Crippen molar-refractivity contribution >= 4 is 38.1 Å². The summed E-state index contributed by atoms with van der Waals surface area (Å²) in [6.07, 6.45) is 3.46. The molecule has 1 amide bonds. The molecule has 2 N–H and O–H groups in total. The van der Waals surface area contributed by atoms with Gasteiger partial charge in [0.25, 0.3) is 10.0 Å². The fraction of sp³-hybridized carbons (Fsp3) is 0.273. The van der Waals surface area contributed by atoms with E-state index in [9.17, 15) is 13.2 Å². The number of sulfonamides is 1. The fourth-order valence-electron chi connectivity index (χ4n) is 3.70. The average molecular weight is 442 g/mol. The van der Waals surface area contributed by atoms with E-state index in [-0.39, 0.29) is 10.8 Å². The molecular formula is C22H23N3O3S2. The first-order valence-electron chi connectivity index (χ1n) is 9.88. The van der Waals surface area contributed by atoms with Gasteiger partial charge in [0.05, 0.1) is 10.6 Å². The Morgan fingerprint density at radius 1 is 1.13 bits per heavy atom. The summed E-state index contributed by atoms with van der Waals surface area (Å²) < 4.78 is 28.3. The Kier molecular flexibility index (Phi) is 5.62. The molecule has 8 heteroatoms. The van der Waals surface area contributed by atoms with Crippen LogP contribution in [-0.4, -0.2) is 19.3 Å². The molecule has 156 valence electrons. The number of hydrogen-bond donors (Lipinski definition) is 2. The second kappa shape index (κ2) is 8.20. The van der Waals surface area contributed by atoms with Crippen molar-refractivity contribution in [3.8, 4) is 11.3 Å². The van der Waals surface area contributed by atoms with Crippen LogP contribution in [0.5, 0.6) is 0 Å². The molecule has 0 radical (unpaired) electrons. The topological polar surface area (TPSA) is 88.2 Å². The number of aryl methyl sites for hydroxylation is 2. The highest BCUT2D eigenvalue weighted by Crippen LogP contribution is 2.41. The van der Waals surface area contributed by atoms with E-state index in [1.54, 1.807) is 12.1 Å². The normalized spacial score (nSPS) is 12.7. The second-order valence-corrected chi connectivity index (χ2v) is 10.1. The van der Waals surface area contributed by atoms with Gasteiger partial charge in [-0.1, -0.05) is 37.6 Å². The first kappa shape index (κ1) is 20.6. The van der Waals surface area contributed by atoms with Crippen molar-refractivity contribution in [2.45, 2.75) is 44.4 Å². The van der Waals surface area contributed by atoms with Gasteiger partial charge in [0.1, 0.15) is 0 Å². The van der Waals surface area contributed by atoms with Crippen molar-refractivity contribution in [2.24, 2.45) is 0 Å². The Bertz CT molecular complexity index is 1200. The Balaban J connectivity index is 1.62. The minimum absolute atomic E-state index is 0.120. The number of aromatic nitrogens is 1. The van der Waals surface area contributed by atoms with Crippen LogP contribution in [0.4, 0.5) is 10.8 Å². The number of fused-ring (bicyclic) bond motifs is 3. The van der Waals surface area contributed by atoms with Crippen molar-refractivity contribution in [1.82, 2.24) is 4.98 Å². The number of amides is 1. The molecule has 4 rings (SSSR count). The molecule has 0 spiro atoms. The number of anilines is 2. The van der Waals surface area contributed by atoms with Crippen molar-refractivity contribution in [3.05, 3.63) is 58.5 Å². The zero-order chi connectivity index (χ0) is 21.3. The monoisotopic (exact) mass is 441 g/mol. The summed E-state index contributed by atoms with van der Waals surface area (Å²) in [6.45, 7) is 3.58. The Labute approximate surface area is 180 Å². The lowest BCUT2D eigenvalue weighted by Gasteiger charge is -2.18. The van der Waals surface area contributed by atoms with Gasteiger partial charge in [0, 0.05) is 23.1 Å². The number of hydrogen-bond acceptors (Lipinski definition) is 5. The number of carbonyl (C=O) groups excluding carboxylic acids is 1. The van der Waals surface area contributed by atoms with Crippen LogP contribution in [0.3, 0.4) is 0 Å². The molecule has 30 heavy (non-hydrogen) atoms. The summed E-state index contributed by atoms with van der Waals surface area (Å²) in [7, 11) is -3.71. The quantitative estimate of drug-likeness (QED) is 0.584. The maximum Gasteiger partial charge on any atom is 0.263 e. The van der Waals surface area contributed by atoms with Crippen LogP contribution >= 0.6 is 11.3 Å². The van der Waals surface area contributed by atoms with Gasteiger partial charge >= 0.3 is 0 Å². The largest absolute Gasteiger partial charge is 0.326 e. The summed E-state index contributed by atoms with van der Waals surface area (Å²) in [4.78, 5) is 17.3. The van der Waals surface area contributed by atoms with E-state index in [0.717, 1.165) is 58.6 Å². The predicted octanol–water partition coefficient (Wildman–Crippen LogP) is 4.62. The molecule has 0 saturated carbocycles. The number of nitrogens with one attached hydrogen (secondary N) is 2. The summed E-state index contributed by atoms with van der Waals surface area (Å²) >= 11 is 1.36. The molecule has 3 aromatic rings. The minimum atomic E-state index is -3.71. The first-order valence-corrected chi connectivity index (χ1v) is 12.2. The van der Waals surface area contributed by atoms with Gasteiger partial charge in [0.15, 0.2) is 5.13 Å². The highest BCUT2D eigenvalue weighted by atomic mass is 32.2. The number of carbonyl (C=O) groups is 1.